The number of para-hydroxylation sites is 1. The number of hydrogen-bond donors (Lipinski definition) is 2. The van der Waals surface area contributed by atoms with Gasteiger partial charge in [0.15, 0.2) is 0 Å². The van der Waals surface area contributed by atoms with Crippen LogP contribution in [0.25, 0.3) is 0 Å². The van der Waals surface area contributed by atoms with Crippen LogP contribution in [0.3, 0.4) is 0 Å². The van der Waals surface area contributed by atoms with E-state index in [2.05, 4.69) is 0 Å². The number of aromatic hydroxyl groups is 1. The molecule has 0 aliphatic heterocycles. The van der Waals surface area contributed by atoms with Crippen molar-refractivity contribution < 1.29 is 23.4 Å². The molecule has 0 bridgehead atoms. The topological polar surface area (TPSA) is 40.5 Å². The molecule has 1 unspecified atom stereocenters. The van der Waals surface area contributed by atoms with Crippen LogP contribution < -0.4 is 0 Å². The Morgan fingerprint density at radius 2 is 1.53 bits per heavy atom. The summed E-state index contributed by atoms with van der Waals surface area (Å²) in [5, 5.41) is 19.7. The van der Waals surface area contributed by atoms with Crippen LogP contribution in [0.1, 0.15) is 22.8 Å². The van der Waals surface area contributed by atoms with Gasteiger partial charge in [-0.2, -0.15) is 13.2 Å². The Balaban J connectivity index is 2.47. The molecule has 2 aromatic carbocycles. The SMILES string of the molecule is Oc1c(C(O)c2ccccc2)cccc1C(F)(F)F. The highest BCUT2D eigenvalue weighted by Crippen LogP contribution is 2.40. The molecule has 2 rings (SSSR count). The minimum atomic E-state index is -4.66. The Kier molecular flexibility index (Phi) is 3.48. The van der Waals surface area contributed by atoms with E-state index in [-0.39, 0.29) is 5.56 Å². The molecule has 2 nitrogen and oxygen atoms in total. The second-order valence-electron chi connectivity index (χ2n) is 4.05. The molecule has 2 aromatic rings. The number of halogens is 3. The normalized spacial score (nSPS) is 13.3. The number of hydrogen-bond acceptors (Lipinski definition) is 2. The first kappa shape index (κ1) is 13.4. The average molecular weight is 268 g/mol. The molecule has 0 amide bonds. The maximum absolute atomic E-state index is 12.7. The molecule has 2 N–H and O–H groups in total. The van der Waals surface area contributed by atoms with Gasteiger partial charge in [0, 0.05) is 5.56 Å². The first-order chi connectivity index (χ1) is 8.91. The second kappa shape index (κ2) is 4.93. The zero-order valence-corrected chi connectivity index (χ0v) is 9.72. The Morgan fingerprint density at radius 3 is 2.11 bits per heavy atom. The number of aliphatic hydroxyl groups excluding tert-OH is 1. The monoisotopic (exact) mass is 268 g/mol. The maximum Gasteiger partial charge on any atom is 0.419 e. The molecule has 0 spiro atoms. The van der Waals surface area contributed by atoms with Crippen molar-refractivity contribution in [2.75, 3.05) is 0 Å². The van der Waals surface area contributed by atoms with Crippen molar-refractivity contribution in [2.45, 2.75) is 12.3 Å². The highest BCUT2D eigenvalue weighted by Gasteiger charge is 2.35. The summed E-state index contributed by atoms with van der Waals surface area (Å²) in [5.41, 5.74) is -0.905. The number of benzene rings is 2. The summed E-state index contributed by atoms with van der Waals surface area (Å²) in [6, 6.07) is 11.4. The Bertz CT molecular complexity index is 565. The van der Waals surface area contributed by atoms with Crippen LogP contribution in [0, 0.1) is 0 Å². The lowest BCUT2D eigenvalue weighted by Gasteiger charge is -2.16. The number of rotatable bonds is 2. The van der Waals surface area contributed by atoms with E-state index in [9.17, 15) is 23.4 Å². The summed E-state index contributed by atoms with van der Waals surface area (Å²) in [4.78, 5) is 0. The predicted octanol–water partition coefficient (Wildman–Crippen LogP) is 3.49. The molecule has 0 saturated carbocycles. The van der Waals surface area contributed by atoms with Crippen LogP contribution in [0.5, 0.6) is 5.75 Å². The summed E-state index contributed by atoms with van der Waals surface area (Å²) in [7, 11) is 0. The summed E-state index contributed by atoms with van der Waals surface area (Å²) in [6.07, 6.45) is -5.96. The molecular weight excluding hydrogens is 257 g/mol. The Morgan fingerprint density at radius 1 is 0.895 bits per heavy atom. The third kappa shape index (κ3) is 2.71. The first-order valence-corrected chi connectivity index (χ1v) is 5.53. The standard InChI is InChI=1S/C14H11F3O2/c15-14(16,17)11-8-4-7-10(13(11)19)12(18)9-5-2-1-3-6-9/h1-8,12,18-19H. The number of phenolic OH excluding ortho intramolecular Hbond substituents is 1. The first-order valence-electron chi connectivity index (χ1n) is 5.53. The van der Waals surface area contributed by atoms with E-state index in [1.165, 1.54) is 6.07 Å². The fourth-order valence-electron chi connectivity index (χ4n) is 1.83. The molecule has 0 aliphatic carbocycles. The van der Waals surface area contributed by atoms with E-state index in [1.54, 1.807) is 30.3 Å². The summed E-state index contributed by atoms with van der Waals surface area (Å²) < 4.78 is 38.0. The van der Waals surface area contributed by atoms with Crippen molar-refractivity contribution in [2.24, 2.45) is 0 Å². The number of phenols is 1. The van der Waals surface area contributed by atoms with Crippen LogP contribution in [-0.2, 0) is 6.18 Å². The highest BCUT2D eigenvalue weighted by molar-refractivity contribution is 5.46. The summed E-state index contributed by atoms with van der Waals surface area (Å²) >= 11 is 0. The molecule has 1 atom stereocenters. The van der Waals surface area contributed by atoms with E-state index in [4.69, 9.17) is 0 Å². The molecule has 0 aromatic heterocycles. The third-order valence-corrected chi connectivity index (χ3v) is 2.78. The zero-order chi connectivity index (χ0) is 14.0. The Hall–Kier alpha value is -2.01. The predicted molar refractivity (Wildman–Crippen MR) is 63.6 cm³/mol. The maximum atomic E-state index is 12.7. The molecule has 100 valence electrons. The van der Waals surface area contributed by atoms with E-state index < -0.39 is 23.6 Å². The van der Waals surface area contributed by atoms with Gasteiger partial charge in [-0.15, -0.1) is 0 Å². The zero-order valence-electron chi connectivity index (χ0n) is 9.72. The van der Waals surface area contributed by atoms with Gasteiger partial charge in [0.25, 0.3) is 0 Å². The number of alkyl halides is 3. The van der Waals surface area contributed by atoms with Crippen molar-refractivity contribution in [1.82, 2.24) is 0 Å². The lowest BCUT2D eigenvalue weighted by atomic mass is 9.98. The van der Waals surface area contributed by atoms with Crippen LogP contribution in [0.4, 0.5) is 13.2 Å². The quantitative estimate of drug-likeness (QED) is 0.875. The van der Waals surface area contributed by atoms with Crippen molar-refractivity contribution in [3.63, 3.8) is 0 Å². The van der Waals surface area contributed by atoms with Gasteiger partial charge >= 0.3 is 6.18 Å². The van der Waals surface area contributed by atoms with E-state index in [0.717, 1.165) is 12.1 Å². The summed E-state index contributed by atoms with van der Waals surface area (Å²) in [5.74, 6) is -0.939. The minimum Gasteiger partial charge on any atom is -0.507 e. The van der Waals surface area contributed by atoms with E-state index >= 15 is 0 Å². The third-order valence-electron chi connectivity index (χ3n) is 2.78. The molecule has 0 heterocycles. The average Bonchev–Trinajstić information content (AvgIpc) is 2.38. The smallest absolute Gasteiger partial charge is 0.419 e. The van der Waals surface area contributed by atoms with E-state index in [0.29, 0.717) is 5.56 Å². The van der Waals surface area contributed by atoms with Crippen LogP contribution in [0.2, 0.25) is 0 Å². The van der Waals surface area contributed by atoms with Crippen LogP contribution >= 0.6 is 0 Å². The Labute approximate surface area is 107 Å². The molecule has 0 radical (unpaired) electrons. The fraction of sp³-hybridized carbons (Fsp3) is 0.143. The van der Waals surface area contributed by atoms with E-state index in [1.807, 2.05) is 0 Å². The minimum absolute atomic E-state index is 0.166. The van der Waals surface area contributed by atoms with Gasteiger partial charge in [0.2, 0.25) is 0 Å². The molecule has 0 fully saturated rings. The van der Waals surface area contributed by atoms with Gasteiger partial charge in [0.1, 0.15) is 11.9 Å². The lowest BCUT2D eigenvalue weighted by Crippen LogP contribution is -2.08. The highest BCUT2D eigenvalue weighted by atomic mass is 19.4. The van der Waals surface area contributed by atoms with Gasteiger partial charge in [-0.3, -0.25) is 0 Å². The molecule has 0 aliphatic rings. The van der Waals surface area contributed by atoms with Crippen molar-refractivity contribution in [1.29, 1.82) is 0 Å². The summed E-state index contributed by atoms with van der Waals surface area (Å²) in [6.45, 7) is 0. The second-order valence-corrected chi connectivity index (χ2v) is 4.05. The van der Waals surface area contributed by atoms with Gasteiger partial charge in [-0.25, -0.2) is 0 Å². The molecule has 5 heteroatoms. The largest absolute Gasteiger partial charge is 0.507 e. The molecule has 19 heavy (non-hydrogen) atoms. The van der Waals surface area contributed by atoms with Gasteiger partial charge in [-0.05, 0) is 11.6 Å². The van der Waals surface area contributed by atoms with Gasteiger partial charge in [0.05, 0.1) is 5.56 Å². The van der Waals surface area contributed by atoms with Crippen molar-refractivity contribution in [3.05, 3.63) is 65.2 Å². The van der Waals surface area contributed by atoms with Crippen LogP contribution in [0.15, 0.2) is 48.5 Å². The van der Waals surface area contributed by atoms with Crippen LogP contribution in [-0.4, -0.2) is 10.2 Å². The molecular formula is C14H11F3O2. The van der Waals surface area contributed by atoms with Gasteiger partial charge in [-0.1, -0.05) is 42.5 Å². The lowest BCUT2D eigenvalue weighted by molar-refractivity contribution is -0.138. The van der Waals surface area contributed by atoms with Crippen molar-refractivity contribution in [3.8, 4) is 5.75 Å². The molecule has 0 saturated heterocycles. The van der Waals surface area contributed by atoms with Gasteiger partial charge < -0.3 is 10.2 Å². The number of aliphatic hydroxyl groups is 1. The fourth-order valence-corrected chi connectivity index (χ4v) is 1.83. The van der Waals surface area contributed by atoms with Crippen molar-refractivity contribution >= 4 is 0 Å².